The first-order chi connectivity index (χ1) is 27.3. The van der Waals surface area contributed by atoms with Crippen LogP contribution in [-0.4, -0.2) is 10.9 Å². The maximum atomic E-state index is 6.36. The van der Waals surface area contributed by atoms with Crippen molar-refractivity contribution in [2.75, 3.05) is 0 Å². The summed E-state index contributed by atoms with van der Waals surface area (Å²) in [5.41, 5.74) is 14.1. The second kappa shape index (κ2) is 13.4. The van der Waals surface area contributed by atoms with Crippen molar-refractivity contribution in [2.45, 2.75) is 50.5 Å². The van der Waals surface area contributed by atoms with Crippen LogP contribution in [0.3, 0.4) is 0 Å². The van der Waals surface area contributed by atoms with Gasteiger partial charge in [-0.2, -0.15) is 0 Å². The van der Waals surface area contributed by atoms with Gasteiger partial charge in [0.1, 0.15) is 11.2 Å². The van der Waals surface area contributed by atoms with Crippen LogP contribution >= 0.6 is 11.3 Å². The molecule has 0 saturated carbocycles. The van der Waals surface area contributed by atoms with Crippen LogP contribution in [0.15, 0.2) is 162 Å². The Hall–Kier alpha value is -5.90. The minimum Gasteiger partial charge on any atom is -0.456 e. The van der Waals surface area contributed by atoms with E-state index in [1.54, 1.807) is 0 Å². The first kappa shape index (κ1) is 32.5. The highest BCUT2D eigenvalue weighted by atomic mass is 32.1. The summed E-state index contributed by atoms with van der Waals surface area (Å²) < 4.78 is 9.16. The van der Waals surface area contributed by atoms with Crippen molar-refractivity contribution in [1.82, 2.24) is 4.90 Å². The molecule has 5 aromatic carbocycles. The minimum absolute atomic E-state index is 0.204. The normalized spacial score (nSPS) is 18.9. The number of thiophene rings is 1. The lowest BCUT2D eigenvalue weighted by Gasteiger charge is -2.38. The molecule has 3 heteroatoms. The average Bonchev–Trinajstić information content (AvgIpc) is 3.83. The molecule has 0 saturated heterocycles. The summed E-state index contributed by atoms with van der Waals surface area (Å²) >= 11 is 1.98. The van der Waals surface area contributed by atoms with E-state index in [0.29, 0.717) is 0 Å². The summed E-state index contributed by atoms with van der Waals surface area (Å²) in [5, 5.41) is 5.13. The van der Waals surface area contributed by atoms with Gasteiger partial charge in [0, 0.05) is 38.2 Å². The SMILES string of the molecule is C1=Cc2cccc(C3=CCC(N(C4=CC(c5ccc6c(c5)oc5ccccc56)CC=C4)C4=c5sc6c(-c7ccccc7)cccc6c5=CCC4)C=C3)c2CC1. The zero-order valence-corrected chi connectivity index (χ0v) is 31.6. The molecule has 55 heavy (non-hydrogen) atoms. The Morgan fingerprint density at radius 1 is 0.655 bits per heavy atom. The molecule has 0 amide bonds. The highest BCUT2D eigenvalue weighted by Crippen LogP contribution is 2.39. The van der Waals surface area contributed by atoms with E-state index in [4.69, 9.17) is 4.42 Å². The zero-order chi connectivity index (χ0) is 36.3. The molecule has 2 unspecified atom stereocenters. The number of benzene rings is 5. The summed E-state index contributed by atoms with van der Waals surface area (Å²) in [4.78, 5) is 2.71. The Labute approximate surface area is 325 Å². The summed E-state index contributed by atoms with van der Waals surface area (Å²) in [5.74, 6) is 0.255. The molecule has 2 heterocycles. The number of allylic oxidation sites excluding steroid dienone is 6. The average molecular weight is 728 g/mol. The summed E-state index contributed by atoms with van der Waals surface area (Å²) in [6, 6.07) is 40.0. The Bertz CT molecular complexity index is 2950. The number of hydrogen-bond donors (Lipinski definition) is 0. The van der Waals surface area contributed by atoms with E-state index in [-0.39, 0.29) is 12.0 Å². The predicted octanol–water partition coefficient (Wildman–Crippen LogP) is 12.5. The molecule has 0 N–H and O–H groups in total. The molecule has 266 valence electrons. The fraction of sp³-hybridized carbons (Fsp3) is 0.154. The van der Waals surface area contributed by atoms with Gasteiger partial charge in [-0.25, -0.2) is 0 Å². The fourth-order valence-electron chi connectivity index (χ4n) is 9.42. The quantitative estimate of drug-likeness (QED) is 0.170. The van der Waals surface area contributed by atoms with Crippen molar-refractivity contribution in [3.8, 4) is 11.1 Å². The molecular weight excluding hydrogens is 687 g/mol. The van der Waals surface area contributed by atoms with Gasteiger partial charge in [-0.3, -0.25) is 0 Å². The van der Waals surface area contributed by atoms with Crippen LogP contribution in [0.4, 0.5) is 0 Å². The van der Waals surface area contributed by atoms with Crippen molar-refractivity contribution in [3.05, 3.63) is 189 Å². The Morgan fingerprint density at radius 3 is 2.44 bits per heavy atom. The van der Waals surface area contributed by atoms with E-state index in [1.165, 1.54) is 81.0 Å². The van der Waals surface area contributed by atoms with Gasteiger partial charge in [0.05, 0.1) is 10.6 Å². The highest BCUT2D eigenvalue weighted by molar-refractivity contribution is 7.17. The number of furan rings is 1. The van der Waals surface area contributed by atoms with Crippen molar-refractivity contribution in [2.24, 2.45) is 0 Å². The maximum Gasteiger partial charge on any atom is 0.135 e. The van der Waals surface area contributed by atoms with Crippen molar-refractivity contribution >= 4 is 66.8 Å². The molecule has 0 aliphatic heterocycles. The molecule has 0 spiro atoms. The second-order valence-corrected chi connectivity index (χ2v) is 16.3. The number of nitrogens with zero attached hydrogens (tertiary/aromatic N) is 1. The minimum atomic E-state index is 0.204. The monoisotopic (exact) mass is 727 g/mol. The van der Waals surface area contributed by atoms with Gasteiger partial charge < -0.3 is 9.32 Å². The van der Waals surface area contributed by atoms with Gasteiger partial charge >= 0.3 is 0 Å². The maximum absolute atomic E-state index is 6.36. The molecule has 7 aromatic rings. The summed E-state index contributed by atoms with van der Waals surface area (Å²) in [6.45, 7) is 0. The molecule has 0 fully saturated rings. The van der Waals surface area contributed by atoms with Crippen molar-refractivity contribution in [3.63, 3.8) is 0 Å². The van der Waals surface area contributed by atoms with Crippen LogP contribution in [0.2, 0.25) is 0 Å². The zero-order valence-electron chi connectivity index (χ0n) is 30.7. The number of fused-ring (bicyclic) bond motifs is 7. The van der Waals surface area contributed by atoms with Crippen LogP contribution in [0.1, 0.15) is 60.3 Å². The topological polar surface area (TPSA) is 16.4 Å². The van der Waals surface area contributed by atoms with Crippen molar-refractivity contribution < 1.29 is 4.42 Å². The van der Waals surface area contributed by atoms with Crippen LogP contribution in [-0.2, 0) is 6.42 Å². The van der Waals surface area contributed by atoms with Crippen LogP contribution in [0.25, 0.3) is 66.6 Å². The smallest absolute Gasteiger partial charge is 0.135 e. The largest absolute Gasteiger partial charge is 0.456 e. The molecule has 0 radical (unpaired) electrons. The van der Waals surface area contributed by atoms with Gasteiger partial charge in [0.2, 0.25) is 0 Å². The fourth-order valence-corrected chi connectivity index (χ4v) is 10.8. The Morgan fingerprint density at radius 2 is 1.51 bits per heavy atom. The Kier molecular flexibility index (Phi) is 7.95. The van der Waals surface area contributed by atoms with Crippen LogP contribution < -0.4 is 9.75 Å². The van der Waals surface area contributed by atoms with E-state index in [0.717, 1.165) is 49.7 Å². The van der Waals surface area contributed by atoms with E-state index in [2.05, 4.69) is 169 Å². The van der Waals surface area contributed by atoms with E-state index < -0.39 is 0 Å². The third-order valence-electron chi connectivity index (χ3n) is 12.1. The summed E-state index contributed by atoms with van der Waals surface area (Å²) in [6.07, 6.45) is 28.0. The first-order valence-corrected chi connectivity index (χ1v) is 20.6. The van der Waals surface area contributed by atoms with Gasteiger partial charge in [-0.15, -0.1) is 11.3 Å². The van der Waals surface area contributed by atoms with E-state index in [1.807, 2.05) is 11.3 Å². The molecule has 0 bridgehead atoms. The standard InChI is InChI=1S/C52H41NOS/c1-2-12-35(13-3-1)43-21-10-22-46-47-23-11-24-48(52(47)55-51(43)46)53(39-29-26-36(27-30-39)42-20-9-15-34-14-4-5-18-41(34)42)40-17-8-16-37(32-40)38-28-31-45-44-19-6-7-25-49(44)54-50(45)33-38/h1-4,6-10,12-15,17,19-23,25-29,31-33,37,39H,5,11,16,18,24,30H2. The van der Waals surface area contributed by atoms with Gasteiger partial charge in [-0.1, -0.05) is 146 Å². The lowest BCUT2D eigenvalue weighted by molar-refractivity contribution is 0.405. The predicted molar refractivity (Wildman–Crippen MR) is 233 cm³/mol. The first-order valence-electron chi connectivity index (χ1n) is 19.8. The highest BCUT2D eigenvalue weighted by Gasteiger charge is 2.28. The van der Waals surface area contributed by atoms with E-state index >= 15 is 0 Å². The van der Waals surface area contributed by atoms with Crippen molar-refractivity contribution in [1.29, 1.82) is 0 Å². The third-order valence-corrected chi connectivity index (χ3v) is 13.4. The number of para-hydroxylation sites is 1. The Balaban J connectivity index is 1.04. The molecule has 2 nitrogen and oxygen atoms in total. The number of rotatable bonds is 6. The molecule has 4 aliphatic rings. The van der Waals surface area contributed by atoms with Gasteiger partial charge in [0.15, 0.2) is 0 Å². The third kappa shape index (κ3) is 5.60. The van der Waals surface area contributed by atoms with Crippen LogP contribution in [0, 0.1) is 0 Å². The molecule has 11 rings (SSSR count). The molecule has 2 aromatic heterocycles. The molecule has 4 aliphatic carbocycles. The lowest BCUT2D eigenvalue weighted by Crippen LogP contribution is -2.39. The van der Waals surface area contributed by atoms with Crippen LogP contribution in [0.5, 0.6) is 0 Å². The summed E-state index contributed by atoms with van der Waals surface area (Å²) in [7, 11) is 0. The second-order valence-electron chi connectivity index (χ2n) is 15.3. The molecular formula is C52H41NOS. The number of hydrogen-bond acceptors (Lipinski definition) is 3. The van der Waals surface area contributed by atoms with Gasteiger partial charge in [0.25, 0.3) is 0 Å². The van der Waals surface area contributed by atoms with Gasteiger partial charge in [-0.05, 0) is 101 Å². The lowest BCUT2D eigenvalue weighted by atomic mass is 9.86. The van der Waals surface area contributed by atoms with E-state index in [9.17, 15) is 0 Å². The molecule has 2 atom stereocenters.